The van der Waals surface area contributed by atoms with Gasteiger partial charge in [-0.15, -0.1) is 0 Å². The normalized spacial score (nSPS) is 23.9. The van der Waals surface area contributed by atoms with E-state index in [9.17, 15) is 0 Å². The molecule has 1 heteroatoms. The van der Waals surface area contributed by atoms with E-state index in [-0.39, 0.29) is 17.5 Å². The van der Waals surface area contributed by atoms with Crippen molar-refractivity contribution in [3.05, 3.63) is 147 Å². The SMILES string of the molecule is Cc1cc(C)c(B(c2ccc(C34CC5CC(C3)CC(c3ccc(-c6ccc(C(C)(C)C)cc6)cc3)(C5)C4)cc2)c2c(C)cc(C)cc2C)c(C)c1. The number of hydrogen-bond acceptors (Lipinski definition) is 0. The minimum absolute atomic E-state index is 0.178. The lowest BCUT2D eigenvalue weighted by atomic mass is 9.34. The topological polar surface area (TPSA) is 0 Å². The second-order valence-electron chi connectivity index (χ2n) is 18.6. The van der Waals surface area contributed by atoms with Crippen LogP contribution in [0.4, 0.5) is 0 Å². The van der Waals surface area contributed by atoms with Crippen molar-refractivity contribution in [3.63, 3.8) is 0 Å². The van der Waals surface area contributed by atoms with Crippen LogP contribution in [-0.2, 0) is 16.2 Å². The van der Waals surface area contributed by atoms with E-state index in [1.165, 1.54) is 105 Å². The molecule has 4 fully saturated rings. The van der Waals surface area contributed by atoms with E-state index >= 15 is 0 Å². The quantitative estimate of drug-likeness (QED) is 0.158. The summed E-state index contributed by atoms with van der Waals surface area (Å²) in [6, 6.07) is 38.7. The van der Waals surface area contributed by atoms with Crippen LogP contribution in [0.15, 0.2) is 97.1 Å². The summed E-state index contributed by atoms with van der Waals surface area (Å²) in [5.74, 6) is 1.66. The van der Waals surface area contributed by atoms with Gasteiger partial charge < -0.3 is 0 Å². The van der Waals surface area contributed by atoms with Gasteiger partial charge in [-0.2, -0.15) is 0 Å². The Morgan fingerprint density at radius 1 is 0.510 bits per heavy atom. The van der Waals surface area contributed by atoms with Crippen LogP contribution < -0.4 is 16.4 Å². The van der Waals surface area contributed by atoms with Gasteiger partial charge in [0, 0.05) is 0 Å². The Hall–Kier alpha value is -3.84. The van der Waals surface area contributed by atoms with Crippen LogP contribution in [0.1, 0.15) is 109 Å². The second kappa shape index (κ2) is 12.4. The van der Waals surface area contributed by atoms with Crippen molar-refractivity contribution in [2.75, 3.05) is 0 Å². The smallest absolute Gasteiger partial charge is 0.0686 e. The van der Waals surface area contributed by atoms with E-state index in [4.69, 9.17) is 0 Å². The van der Waals surface area contributed by atoms with Crippen molar-refractivity contribution >= 4 is 23.1 Å². The zero-order valence-electron chi connectivity index (χ0n) is 32.7. The summed E-state index contributed by atoms with van der Waals surface area (Å²) in [7, 11) is 0. The number of aryl methyl sites for hydroxylation is 6. The summed E-state index contributed by atoms with van der Waals surface area (Å²) in [5, 5.41) is 0. The predicted octanol–water partition coefficient (Wildman–Crippen LogP) is 10.8. The van der Waals surface area contributed by atoms with E-state index in [2.05, 4.69) is 159 Å². The molecule has 4 aliphatic carbocycles. The molecule has 260 valence electrons. The van der Waals surface area contributed by atoms with Crippen LogP contribution in [0.5, 0.6) is 0 Å². The molecule has 0 amide bonds. The molecule has 0 saturated heterocycles. The van der Waals surface area contributed by atoms with Gasteiger partial charge in [-0.3, -0.25) is 0 Å². The number of benzene rings is 5. The van der Waals surface area contributed by atoms with Crippen LogP contribution >= 0.6 is 0 Å². The summed E-state index contributed by atoms with van der Waals surface area (Å²) in [6.45, 7) is 20.8. The molecule has 0 spiro atoms. The predicted molar refractivity (Wildman–Crippen MR) is 221 cm³/mol. The van der Waals surface area contributed by atoms with Gasteiger partial charge in [0.25, 0.3) is 0 Å². The summed E-state index contributed by atoms with van der Waals surface area (Å²) >= 11 is 0. The van der Waals surface area contributed by atoms with Crippen molar-refractivity contribution in [1.29, 1.82) is 0 Å². The zero-order valence-corrected chi connectivity index (χ0v) is 32.7. The van der Waals surface area contributed by atoms with Crippen molar-refractivity contribution in [1.82, 2.24) is 0 Å². The lowest BCUT2D eigenvalue weighted by molar-refractivity contribution is -0.0281. The monoisotopic (exact) mass is 668 g/mol. The third kappa shape index (κ3) is 6.03. The molecule has 2 unspecified atom stereocenters. The molecule has 0 aliphatic heterocycles. The van der Waals surface area contributed by atoms with Gasteiger partial charge in [0.05, 0.1) is 0 Å². The first-order valence-electron chi connectivity index (χ1n) is 19.7. The molecule has 0 heterocycles. The lowest BCUT2D eigenvalue weighted by Gasteiger charge is -2.63. The molecule has 51 heavy (non-hydrogen) atoms. The molecular weight excluding hydrogens is 611 g/mol. The highest BCUT2D eigenvalue weighted by molar-refractivity contribution is 6.96. The van der Waals surface area contributed by atoms with Crippen molar-refractivity contribution in [2.45, 2.75) is 117 Å². The molecule has 4 saturated carbocycles. The molecule has 0 radical (unpaired) electrons. The van der Waals surface area contributed by atoms with Crippen LogP contribution in [0, 0.1) is 53.4 Å². The Bertz CT molecular complexity index is 1970. The maximum Gasteiger partial charge on any atom is 0.242 e. The summed E-state index contributed by atoms with van der Waals surface area (Å²) < 4.78 is 0. The Morgan fingerprint density at radius 2 is 0.882 bits per heavy atom. The van der Waals surface area contributed by atoms with E-state index < -0.39 is 0 Å². The first-order chi connectivity index (χ1) is 24.2. The fourth-order valence-corrected chi connectivity index (χ4v) is 11.9. The highest BCUT2D eigenvalue weighted by Crippen LogP contribution is 2.66. The fourth-order valence-electron chi connectivity index (χ4n) is 11.9. The standard InChI is InChI=1S/C50H57B/c1-32-22-34(3)46(35(4)23-32)51(47-36(5)24-33(2)25-37(47)6)45-20-18-44(19-21-45)50-29-38-26-39(30-50)28-49(27-38,31-50)43-16-12-41(13-17-43)40-10-14-42(15-11-40)48(7,8)9/h10-25,38-39H,26-31H2,1-9H3. The van der Waals surface area contributed by atoms with Gasteiger partial charge in [-0.05, 0) is 136 Å². The van der Waals surface area contributed by atoms with Crippen LogP contribution in [0.25, 0.3) is 11.1 Å². The van der Waals surface area contributed by atoms with Gasteiger partial charge >= 0.3 is 0 Å². The average molecular weight is 669 g/mol. The first-order valence-corrected chi connectivity index (χ1v) is 19.7. The van der Waals surface area contributed by atoms with Gasteiger partial charge in [0.15, 0.2) is 0 Å². The highest BCUT2D eigenvalue weighted by Gasteiger charge is 2.58. The van der Waals surface area contributed by atoms with Gasteiger partial charge in [-0.1, -0.05) is 168 Å². The number of rotatable bonds is 6. The Balaban J connectivity index is 1.13. The average Bonchev–Trinajstić information content (AvgIpc) is 3.06. The molecule has 5 aromatic carbocycles. The lowest BCUT2D eigenvalue weighted by Crippen LogP contribution is -2.57. The molecule has 5 aromatic rings. The van der Waals surface area contributed by atoms with E-state index in [1.54, 1.807) is 11.1 Å². The molecule has 9 rings (SSSR count). The molecule has 4 aliphatic rings. The molecule has 4 bridgehead atoms. The Kier molecular flexibility index (Phi) is 8.33. The van der Waals surface area contributed by atoms with Gasteiger partial charge in [-0.25, -0.2) is 0 Å². The third-order valence-corrected chi connectivity index (χ3v) is 13.6. The molecular formula is C50H57B. The molecule has 0 N–H and O–H groups in total. The van der Waals surface area contributed by atoms with E-state index in [0.29, 0.717) is 5.41 Å². The third-order valence-electron chi connectivity index (χ3n) is 13.6. The van der Waals surface area contributed by atoms with Crippen molar-refractivity contribution in [2.24, 2.45) is 11.8 Å². The minimum atomic E-state index is 0.178. The zero-order chi connectivity index (χ0) is 35.9. The first kappa shape index (κ1) is 34.3. The van der Waals surface area contributed by atoms with Gasteiger partial charge in [0.2, 0.25) is 6.71 Å². The van der Waals surface area contributed by atoms with E-state index in [1.807, 2.05) is 0 Å². The highest BCUT2D eigenvalue weighted by atomic mass is 14.6. The Labute approximate surface area is 309 Å². The van der Waals surface area contributed by atoms with E-state index in [0.717, 1.165) is 11.8 Å². The molecule has 2 atom stereocenters. The maximum absolute atomic E-state index is 2.56. The number of hydrogen-bond donors (Lipinski definition) is 0. The van der Waals surface area contributed by atoms with Crippen LogP contribution in [0.2, 0.25) is 0 Å². The molecule has 0 nitrogen and oxygen atoms in total. The van der Waals surface area contributed by atoms with Crippen LogP contribution in [-0.4, -0.2) is 6.71 Å². The largest absolute Gasteiger partial charge is 0.242 e. The Morgan fingerprint density at radius 3 is 1.27 bits per heavy atom. The van der Waals surface area contributed by atoms with Crippen molar-refractivity contribution < 1.29 is 0 Å². The van der Waals surface area contributed by atoms with Crippen LogP contribution in [0.3, 0.4) is 0 Å². The second-order valence-corrected chi connectivity index (χ2v) is 18.6. The fraction of sp³-hybridized carbons (Fsp3) is 0.400. The van der Waals surface area contributed by atoms with Gasteiger partial charge in [0.1, 0.15) is 0 Å². The summed E-state index contributed by atoms with van der Waals surface area (Å²) in [6.07, 6.45) is 8.17. The summed E-state index contributed by atoms with van der Waals surface area (Å²) in [5.41, 5.74) is 20.7. The minimum Gasteiger partial charge on any atom is -0.0686 e. The molecule has 0 aromatic heterocycles. The van der Waals surface area contributed by atoms with Crippen molar-refractivity contribution in [3.8, 4) is 11.1 Å². The maximum atomic E-state index is 2.56. The summed E-state index contributed by atoms with van der Waals surface area (Å²) in [4.78, 5) is 0.